The molecule has 3 heterocycles. The summed E-state index contributed by atoms with van der Waals surface area (Å²) in [6.07, 6.45) is -0.942. The molecule has 1 aliphatic heterocycles. The first-order chi connectivity index (χ1) is 9.10. The van der Waals surface area contributed by atoms with E-state index in [-0.39, 0.29) is 19.0 Å². The van der Waals surface area contributed by atoms with Gasteiger partial charge in [-0.25, -0.2) is 14.4 Å². The van der Waals surface area contributed by atoms with Crippen molar-refractivity contribution in [1.82, 2.24) is 19.5 Å². The number of fused-ring (bicyclic) bond motifs is 1. The van der Waals surface area contributed by atoms with Crippen LogP contribution in [0.1, 0.15) is 18.3 Å². The highest BCUT2D eigenvalue weighted by molar-refractivity contribution is 5.74. The molecule has 3 N–H and O–H groups in total. The number of imidazole rings is 1. The van der Waals surface area contributed by atoms with Crippen molar-refractivity contribution >= 4 is 17.1 Å². The summed E-state index contributed by atoms with van der Waals surface area (Å²) in [5, 5.41) is 9.04. The number of nitrogens with two attached hydrogens (primary N) is 1. The summed E-state index contributed by atoms with van der Waals surface area (Å²) in [6.45, 7) is 1.55. The number of aliphatic hydroxyl groups excluding tert-OH is 1. The summed E-state index contributed by atoms with van der Waals surface area (Å²) in [5.74, 6) is 0.110. The Morgan fingerprint density at radius 3 is 3.05 bits per heavy atom. The number of halogens is 1. The standard InChI is InChI=1S/C11H14FN5O2/c1-5-8-9(16-11(13)15-5)17(4-14-8)10-7(12)2-6(3-18)19-10/h4,6-7,10,18H,2-3H2,1H3,(H2,13,15,16)/t6-,7-,10+/m0/s1. The zero-order valence-corrected chi connectivity index (χ0v) is 10.3. The molecule has 0 radical (unpaired) electrons. The third kappa shape index (κ3) is 1.92. The van der Waals surface area contributed by atoms with Crippen molar-refractivity contribution in [2.45, 2.75) is 31.8 Å². The van der Waals surface area contributed by atoms with E-state index in [9.17, 15) is 4.39 Å². The Balaban J connectivity index is 2.06. The van der Waals surface area contributed by atoms with E-state index in [0.717, 1.165) is 0 Å². The third-order valence-electron chi connectivity index (χ3n) is 3.22. The van der Waals surface area contributed by atoms with Crippen LogP contribution in [0, 0.1) is 6.92 Å². The van der Waals surface area contributed by atoms with Gasteiger partial charge in [0.25, 0.3) is 0 Å². The number of nitrogens with zero attached hydrogens (tertiary/aromatic N) is 4. The Hall–Kier alpha value is -1.80. The lowest BCUT2D eigenvalue weighted by atomic mass is 10.2. The van der Waals surface area contributed by atoms with Crippen LogP contribution < -0.4 is 5.73 Å². The highest BCUT2D eigenvalue weighted by Gasteiger charge is 2.37. The fourth-order valence-corrected chi connectivity index (χ4v) is 2.33. The lowest BCUT2D eigenvalue weighted by Crippen LogP contribution is -2.17. The summed E-state index contributed by atoms with van der Waals surface area (Å²) in [4.78, 5) is 12.3. The van der Waals surface area contributed by atoms with Gasteiger partial charge in [0, 0.05) is 6.42 Å². The fraction of sp³-hybridized carbons (Fsp3) is 0.545. The molecule has 3 rings (SSSR count). The highest BCUT2D eigenvalue weighted by atomic mass is 19.1. The molecule has 0 unspecified atom stereocenters. The molecular weight excluding hydrogens is 253 g/mol. The van der Waals surface area contributed by atoms with Gasteiger partial charge in [-0.2, -0.15) is 4.98 Å². The fourth-order valence-electron chi connectivity index (χ4n) is 2.33. The molecule has 1 fully saturated rings. The zero-order chi connectivity index (χ0) is 13.6. The van der Waals surface area contributed by atoms with Gasteiger partial charge in [0.15, 0.2) is 11.9 Å². The summed E-state index contributed by atoms with van der Waals surface area (Å²) < 4.78 is 20.9. The summed E-state index contributed by atoms with van der Waals surface area (Å²) in [7, 11) is 0. The molecule has 0 amide bonds. The molecule has 0 bridgehead atoms. The number of hydrogen-bond donors (Lipinski definition) is 2. The van der Waals surface area contributed by atoms with E-state index in [1.807, 2.05) is 0 Å². The van der Waals surface area contributed by atoms with Gasteiger partial charge in [-0.3, -0.25) is 4.57 Å². The summed E-state index contributed by atoms with van der Waals surface area (Å²) in [6, 6.07) is 0. The first-order valence-corrected chi connectivity index (χ1v) is 5.97. The predicted molar refractivity (Wildman–Crippen MR) is 65.0 cm³/mol. The van der Waals surface area contributed by atoms with Gasteiger partial charge in [0.2, 0.25) is 5.95 Å². The van der Waals surface area contributed by atoms with Crippen LogP contribution in [0.4, 0.5) is 10.3 Å². The summed E-state index contributed by atoms with van der Waals surface area (Å²) in [5.41, 5.74) is 7.24. The smallest absolute Gasteiger partial charge is 0.222 e. The minimum atomic E-state index is -1.22. The average molecular weight is 267 g/mol. The largest absolute Gasteiger partial charge is 0.394 e. The molecule has 2 aromatic rings. The third-order valence-corrected chi connectivity index (χ3v) is 3.22. The molecule has 3 atom stereocenters. The van der Waals surface area contributed by atoms with Gasteiger partial charge >= 0.3 is 0 Å². The minimum absolute atomic E-state index is 0.110. The number of alkyl halides is 1. The van der Waals surface area contributed by atoms with Crippen molar-refractivity contribution in [2.24, 2.45) is 0 Å². The minimum Gasteiger partial charge on any atom is -0.394 e. The number of aliphatic hydroxyl groups is 1. The van der Waals surface area contributed by atoms with Crippen LogP contribution in [-0.2, 0) is 4.74 Å². The SMILES string of the molecule is Cc1nc(N)nc2c1ncn2[C@@H]1O[C@H](CO)C[C@@H]1F. The monoisotopic (exact) mass is 267 g/mol. The molecule has 0 aromatic carbocycles. The van der Waals surface area contributed by atoms with Gasteiger partial charge in [0.05, 0.1) is 24.7 Å². The second-order valence-corrected chi connectivity index (χ2v) is 4.57. The highest BCUT2D eigenvalue weighted by Crippen LogP contribution is 2.33. The molecule has 19 heavy (non-hydrogen) atoms. The van der Waals surface area contributed by atoms with Gasteiger partial charge in [-0.15, -0.1) is 0 Å². The van der Waals surface area contributed by atoms with Crippen molar-refractivity contribution < 1.29 is 14.2 Å². The number of nitrogen functional groups attached to an aromatic ring is 1. The molecule has 0 saturated carbocycles. The molecular formula is C11H14FN5O2. The van der Waals surface area contributed by atoms with E-state index in [2.05, 4.69) is 15.0 Å². The normalized spacial score (nSPS) is 27.2. The summed E-state index contributed by atoms with van der Waals surface area (Å²) >= 11 is 0. The van der Waals surface area contributed by atoms with Gasteiger partial charge in [0.1, 0.15) is 11.7 Å². The Bertz CT molecular complexity index is 616. The van der Waals surface area contributed by atoms with Crippen LogP contribution in [0.15, 0.2) is 6.33 Å². The second-order valence-electron chi connectivity index (χ2n) is 4.57. The lowest BCUT2D eigenvalue weighted by molar-refractivity contribution is -0.0351. The number of aromatic nitrogens is 4. The van der Waals surface area contributed by atoms with E-state index in [1.54, 1.807) is 6.92 Å². The number of hydrogen-bond acceptors (Lipinski definition) is 6. The molecule has 1 saturated heterocycles. The van der Waals surface area contributed by atoms with E-state index in [4.69, 9.17) is 15.6 Å². The molecule has 102 valence electrons. The Labute approximate surface area is 108 Å². The van der Waals surface area contributed by atoms with Gasteiger partial charge in [-0.1, -0.05) is 0 Å². The zero-order valence-electron chi connectivity index (χ0n) is 10.3. The van der Waals surface area contributed by atoms with Crippen LogP contribution in [0.3, 0.4) is 0 Å². The van der Waals surface area contributed by atoms with Crippen molar-refractivity contribution in [2.75, 3.05) is 12.3 Å². The van der Waals surface area contributed by atoms with Crippen LogP contribution in [0.2, 0.25) is 0 Å². The van der Waals surface area contributed by atoms with Crippen molar-refractivity contribution in [3.63, 3.8) is 0 Å². The van der Waals surface area contributed by atoms with Crippen molar-refractivity contribution in [1.29, 1.82) is 0 Å². The Morgan fingerprint density at radius 1 is 1.58 bits per heavy atom. The first kappa shape index (κ1) is 12.2. The molecule has 2 aromatic heterocycles. The van der Waals surface area contributed by atoms with Crippen LogP contribution in [-0.4, -0.2) is 43.5 Å². The average Bonchev–Trinajstić information content (AvgIpc) is 2.92. The van der Waals surface area contributed by atoms with Crippen LogP contribution in [0.5, 0.6) is 0 Å². The molecule has 0 aliphatic carbocycles. The van der Waals surface area contributed by atoms with E-state index in [1.165, 1.54) is 10.9 Å². The molecule has 1 aliphatic rings. The number of ether oxygens (including phenoxy) is 1. The van der Waals surface area contributed by atoms with Gasteiger partial charge in [-0.05, 0) is 6.92 Å². The molecule has 7 nitrogen and oxygen atoms in total. The second kappa shape index (κ2) is 4.39. The van der Waals surface area contributed by atoms with E-state index < -0.39 is 18.5 Å². The quantitative estimate of drug-likeness (QED) is 0.813. The van der Waals surface area contributed by atoms with Crippen LogP contribution >= 0.6 is 0 Å². The first-order valence-electron chi connectivity index (χ1n) is 5.97. The van der Waals surface area contributed by atoms with Crippen molar-refractivity contribution in [3.05, 3.63) is 12.0 Å². The number of rotatable bonds is 2. The predicted octanol–water partition coefficient (Wildman–Crippen LogP) is 0.335. The number of aryl methyl sites for hydroxylation is 1. The van der Waals surface area contributed by atoms with Crippen LogP contribution in [0.25, 0.3) is 11.2 Å². The topological polar surface area (TPSA) is 99.1 Å². The maximum atomic E-state index is 14.0. The van der Waals surface area contributed by atoms with Gasteiger partial charge < -0.3 is 15.6 Å². The van der Waals surface area contributed by atoms with E-state index in [0.29, 0.717) is 16.9 Å². The maximum absolute atomic E-state index is 14.0. The molecule has 0 spiro atoms. The lowest BCUT2D eigenvalue weighted by Gasteiger charge is -2.15. The number of anilines is 1. The Kier molecular flexibility index (Phi) is 2.83. The van der Waals surface area contributed by atoms with E-state index >= 15 is 0 Å². The Morgan fingerprint density at radius 2 is 2.37 bits per heavy atom. The maximum Gasteiger partial charge on any atom is 0.222 e. The molecule has 8 heteroatoms. The van der Waals surface area contributed by atoms with Crippen molar-refractivity contribution in [3.8, 4) is 0 Å².